The summed E-state index contributed by atoms with van der Waals surface area (Å²) in [6.45, 7) is 10.5. The number of aryl methyl sites for hydroxylation is 1. The van der Waals surface area contributed by atoms with Crippen LogP contribution in [0, 0.1) is 18.3 Å². The molecule has 8 nitrogen and oxygen atoms in total. The predicted octanol–water partition coefficient (Wildman–Crippen LogP) is 5.75. The second-order valence-corrected chi connectivity index (χ2v) is 9.41. The number of hydrogen-bond acceptors (Lipinski definition) is 7. The van der Waals surface area contributed by atoms with Gasteiger partial charge in [0.05, 0.1) is 17.0 Å². The fourth-order valence-electron chi connectivity index (χ4n) is 3.92. The van der Waals surface area contributed by atoms with E-state index >= 15 is 0 Å². The number of ether oxygens (including phenoxy) is 1. The van der Waals surface area contributed by atoms with Gasteiger partial charge in [-0.25, -0.2) is 9.97 Å². The van der Waals surface area contributed by atoms with Crippen molar-refractivity contribution in [2.24, 2.45) is 11.7 Å². The van der Waals surface area contributed by atoms with Crippen molar-refractivity contribution >= 4 is 17.4 Å². The molecule has 1 atom stereocenters. The number of nitrogens with one attached hydrogen (secondary N) is 1. The highest BCUT2D eigenvalue weighted by Crippen LogP contribution is 2.23. The Balaban J connectivity index is 0.000000282. The molecule has 5 N–H and O–H groups in total. The number of para-hydroxylation sites is 1. The van der Waals surface area contributed by atoms with Crippen LogP contribution in [0.2, 0.25) is 0 Å². The molecule has 2 aromatic carbocycles. The van der Waals surface area contributed by atoms with Crippen LogP contribution in [0.1, 0.15) is 56.9 Å². The largest absolute Gasteiger partial charge is 0.457 e. The van der Waals surface area contributed by atoms with Crippen LogP contribution < -0.4 is 16.2 Å². The lowest BCUT2D eigenvalue weighted by atomic mass is 10.0. The second-order valence-electron chi connectivity index (χ2n) is 9.41. The number of nitrogens with zero attached hydrogens (tertiary/aromatic N) is 3. The van der Waals surface area contributed by atoms with Crippen molar-refractivity contribution in [2.45, 2.75) is 47.0 Å². The maximum absolute atomic E-state index is 11.5. The summed E-state index contributed by atoms with van der Waals surface area (Å²) in [6.07, 6.45) is 8.31. The Morgan fingerprint density at radius 3 is 2.33 bits per heavy atom. The van der Waals surface area contributed by atoms with Gasteiger partial charge in [-0.1, -0.05) is 51.5 Å². The third-order valence-electron chi connectivity index (χ3n) is 5.80. The fraction of sp³-hybridized carbons (Fsp3) is 0.355. The molecule has 1 amide bonds. The molecule has 0 radical (unpaired) electrons. The molecule has 2 heterocycles. The first kappa shape index (κ1) is 31.2. The van der Waals surface area contributed by atoms with E-state index in [1.165, 1.54) is 19.2 Å². The van der Waals surface area contributed by atoms with Crippen molar-refractivity contribution in [1.82, 2.24) is 14.9 Å². The van der Waals surface area contributed by atoms with E-state index in [4.69, 9.17) is 21.6 Å². The van der Waals surface area contributed by atoms with E-state index in [1.54, 1.807) is 12.2 Å². The molecular weight excluding hydrogens is 488 g/mol. The number of rotatable bonds is 6. The summed E-state index contributed by atoms with van der Waals surface area (Å²) in [5.74, 6) is 2.54. The third kappa shape index (κ3) is 10.3. The second kappa shape index (κ2) is 16.7. The van der Waals surface area contributed by atoms with Crippen LogP contribution in [0.4, 0.5) is 5.82 Å². The lowest BCUT2D eigenvalue weighted by Crippen LogP contribution is -2.38. The monoisotopic (exact) mass is 530 g/mol. The van der Waals surface area contributed by atoms with Crippen molar-refractivity contribution in [3.8, 4) is 11.5 Å². The van der Waals surface area contributed by atoms with E-state index in [2.05, 4.69) is 30.7 Å². The normalized spacial score (nSPS) is 14.5. The average molecular weight is 531 g/mol. The maximum atomic E-state index is 11.5. The van der Waals surface area contributed by atoms with Crippen molar-refractivity contribution in [3.63, 3.8) is 0 Å². The van der Waals surface area contributed by atoms with Gasteiger partial charge in [0.1, 0.15) is 23.6 Å². The molecule has 8 heteroatoms. The summed E-state index contributed by atoms with van der Waals surface area (Å²) in [4.78, 5) is 21.5. The van der Waals surface area contributed by atoms with Crippen molar-refractivity contribution < 1.29 is 9.53 Å². The summed E-state index contributed by atoms with van der Waals surface area (Å²) in [5.41, 5.74) is 13.4. The quantitative estimate of drug-likeness (QED) is 0.275. The van der Waals surface area contributed by atoms with Gasteiger partial charge in [0, 0.05) is 31.3 Å². The first-order valence-corrected chi connectivity index (χ1v) is 13.4. The van der Waals surface area contributed by atoms with Crippen LogP contribution in [-0.2, 0) is 4.79 Å². The molecule has 0 unspecified atom stereocenters. The topological polar surface area (TPSA) is 131 Å². The Bertz CT molecular complexity index is 1180. The van der Waals surface area contributed by atoms with Gasteiger partial charge in [0.15, 0.2) is 0 Å². The van der Waals surface area contributed by atoms with Crippen molar-refractivity contribution in [2.75, 3.05) is 25.4 Å². The number of piperidine rings is 1. The number of nitrogens with two attached hydrogens (primary N) is 2. The van der Waals surface area contributed by atoms with E-state index in [0.717, 1.165) is 30.8 Å². The minimum Gasteiger partial charge on any atom is -0.457 e. The SMILES string of the molecule is CCC.C[C@@H]1CCCN(C(=O)/C=C/CN)C1.Cc1ncnc(N)c1C(=N)c1ccc(Oc2ccccc2)cc1. The molecule has 1 aliphatic rings. The summed E-state index contributed by atoms with van der Waals surface area (Å²) < 4.78 is 5.75. The number of aromatic nitrogens is 2. The standard InChI is InChI=1S/C18H16N4O.C10H18N2O.C3H8/c1-12-16(18(20)22-11-21-12)17(19)13-7-9-15(10-8-13)23-14-5-3-2-4-6-14;1-9-4-3-7-12(8-9)10(13)5-2-6-11;1-3-2/h2-11,19H,1H3,(H2,20,21,22);2,5,9H,3-4,6-8,11H2,1H3;3H2,1-2H3/b;5-2+;/t;9-;/m.1./s1. The zero-order valence-corrected chi connectivity index (χ0v) is 23.6. The Kier molecular flexibility index (Phi) is 13.4. The zero-order chi connectivity index (χ0) is 28.6. The van der Waals surface area contributed by atoms with Gasteiger partial charge in [-0.3, -0.25) is 10.2 Å². The molecular formula is C31H42N6O2. The number of hydrogen-bond donors (Lipinski definition) is 3. The van der Waals surface area contributed by atoms with Gasteiger partial charge in [-0.05, 0) is 62.1 Å². The summed E-state index contributed by atoms with van der Waals surface area (Å²) in [7, 11) is 0. The number of amides is 1. The van der Waals surface area contributed by atoms with Gasteiger partial charge < -0.3 is 21.1 Å². The number of benzene rings is 2. The smallest absolute Gasteiger partial charge is 0.246 e. The Hall–Kier alpha value is -4.04. The Morgan fingerprint density at radius 2 is 1.74 bits per heavy atom. The Morgan fingerprint density at radius 1 is 1.10 bits per heavy atom. The van der Waals surface area contributed by atoms with Gasteiger partial charge in [0.2, 0.25) is 5.91 Å². The maximum Gasteiger partial charge on any atom is 0.246 e. The highest BCUT2D eigenvalue weighted by atomic mass is 16.5. The van der Waals surface area contributed by atoms with Gasteiger partial charge >= 0.3 is 0 Å². The molecule has 0 aliphatic carbocycles. The minimum atomic E-state index is 0.108. The number of carbonyl (C=O) groups is 1. The van der Waals surface area contributed by atoms with E-state index in [9.17, 15) is 4.79 Å². The van der Waals surface area contributed by atoms with Crippen molar-refractivity contribution in [1.29, 1.82) is 5.41 Å². The molecule has 39 heavy (non-hydrogen) atoms. The lowest BCUT2D eigenvalue weighted by molar-refractivity contribution is -0.127. The fourth-order valence-corrected chi connectivity index (χ4v) is 3.92. The van der Waals surface area contributed by atoms with Crippen LogP contribution in [-0.4, -0.2) is 46.1 Å². The molecule has 208 valence electrons. The first-order chi connectivity index (χ1) is 18.8. The molecule has 1 aromatic heterocycles. The van der Waals surface area contributed by atoms with Crippen LogP contribution in [0.25, 0.3) is 0 Å². The van der Waals surface area contributed by atoms with Crippen LogP contribution in [0.15, 0.2) is 73.1 Å². The third-order valence-corrected chi connectivity index (χ3v) is 5.80. The highest BCUT2D eigenvalue weighted by molar-refractivity contribution is 6.14. The van der Waals surface area contributed by atoms with Crippen molar-refractivity contribution in [3.05, 3.63) is 89.9 Å². The van der Waals surface area contributed by atoms with Gasteiger partial charge in [-0.15, -0.1) is 0 Å². The summed E-state index contributed by atoms with van der Waals surface area (Å²) in [6, 6.07) is 16.9. The molecule has 1 aliphatic heterocycles. The van der Waals surface area contributed by atoms with Crippen LogP contribution in [0.5, 0.6) is 11.5 Å². The average Bonchev–Trinajstić information content (AvgIpc) is 2.93. The summed E-state index contributed by atoms with van der Waals surface area (Å²) in [5, 5.41) is 8.34. The molecule has 0 bridgehead atoms. The van der Waals surface area contributed by atoms with E-state index in [0.29, 0.717) is 41.0 Å². The molecule has 3 aromatic rings. The molecule has 4 rings (SSSR count). The number of carbonyl (C=O) groups excluding carboxylic acids is 1. The highest BCUT2D eigenvalue weighted by Gasteiger charge is 2.18. The van der Waals surface area contributed by atoms with Gasteiger partial charge in [0.25, 0.3) is 0 Å². The van der Waals surface area contributed by atoms with Gasteiger partial charge in [-0.2, -0.15) is 0 Å². The van der Waals surface area contributed by atoms with Crippen LogP contribution >= 0.6 is 0 Å². The van der Waals surface area contributed by atoms with E-state index in [1.807, 2.05) is 66.4 Å². The molecule has 1 saturated heterocycles. The zero-order valence-electron chi connectivity index (χ0n) is 23.6. The molecule has 0 spiro atoms. The number of anilines is 1. The molecule has 0 saturated carbocycles. The van der Waals surface area contributed by atoms with E-state index in [-0.39, 0.29) is 5.91 Å². The Labute approximate surface area is 232 Å². The van der Waals surface area contributed by atoms with Crippen LogP contribution in [0.3, 0.4) is 0 Å². The number of likely N-dealkylation sites (tertiary alicyclic amines) is 1. The first-order valence-electron chi connectivity index (χ1n) is 13.4. The van der Waals surface area contributed by atoms with E-state index < -0.39 is 0 Å². The lowest BCUT2D eigenvalue weighted by Gasteiger charge is -2.30. The molecule has 1 fully saturated rings. The predicted molar refractivity (Wildman–Crippen MR) is 159 cm³/mol. The number of nitrogen functional groups attached to an aromatic ring is 1. The minimum absolute atomic E-state index is 0.108. The summed E-state index contributed by atoms with van der Waals surface area (Å²) >= 11 is 0.